The lowest BCUT2D eigenvalue weighted by molar-refractivity contribution is -0.383. The van der Waals surface area contributed by atoms with Crippen molar-refractivity contribution in [1.29, 1.82) is 0 Å². The van der Waals surface area contributed by atoms with Gasteiger partial charge < -0.3 is 10.6 Å². The summed E-state index contributed by atoms with van der Waals surface area (Å²) in [5, 5.41) is 16.0. The van der Waals surface area contributed by atoms with Crippen molar-refractivity contribution in [1.82, 2.24) is 10.2 Å². The van der Waals surface area contributed by atoms with E-state index in [1.807, 2.05) is 18.2 Å². The van der Waals surface area contributed by atoms with E-state index in [-0.39, 0.29) is 11.4 Å². The standard InChI is InChI=1S/C21H24N4O4/c26-20(21(27)23-18-8-4-5-9-19(18)25(28)29)22-14-16-10-12-24(13-11-16)15-17-6-2-1-3-7-17/h1-9,16H,10-15H2,(H,22,26)(H,23,27). The number of carbonyl (C=O) groups is 2. The molecule has 8 nitrogen and oxygen atoms in total. The summed E-state index contributed by atoms with van der Waals surface area (Å²) in [5.74, 6) is -1.37. The average Bonchev–Trinajstić information content (AvgIpc) is 2.74. The van der Waals surface area contributed by atoms with Crippen LogP contribution in [0.4, 0.5) is 11.4 Å². The number of para-hydroxylation sites is 2. The van der Waals surface area contributed by atoms with Gasteiger partial charge in [0.15, 0.2) is 0 Å². The van der Waals surface area contributed by atoms with E-state index in [2.05, 4.69) is 27.7 Å². The monoisotopic (exact) mass is 396 g/mol. The lowest BCUT2D eigenvalue weighted by Crippen LogP contribution is -2.41. The number of piperidine rings is 1. The lowest BCUT2D eigenvalue weighted by Gasteiger charge is -2.32. The molecule has 0 radical (unpaired) electrons. The minimum absolute atomic E-state index is 0.00636. The fourth-order valence-corrected chi connectivity index (χ4v) is 3.43. The molecule has 0 saturated carbocycles. The van der Waals surface area contributed by atoms with Gasteiger partial charge in [-0.2, -0.15) is 0 Å². The molecule has 2 amide bonds. The molecule has 2 aromatic carbocycles. The summed E-state index contributed by atoms with van der Waals surface area (Å²) in [6, 6.07) is 16.0. The summed E-state index contributed by atoms with van der Waals surface area (Å²) < 4.78 is 0. The summed E-state index contributed by atoms with van der Waals surface area (Å²) in [6.07, 6.45) is 1.89. The molecule has 2 N–H and O–H groups in total. The molecule has 2 aromatic rings. The third-order valence-corrected chi connectivity index (χ3v) is 5.06. The van der Waals surface area contributed by atoms with Gasteiger partial charge in [0, 0.05) is 19.2 Å². The van der Waals surface area contributed by atoms with Crippen LogP contribution in [-0.2, 0) is 16.1 Å². The Kier molecular flexibility index (Phi) is 6.91. The molecule has 1 aliphatic rings. The molecule has 1 saturated heterocycles. The number of likely N-dealkylation sites (tertiary alicyclic amines) is 1. The number of hydrogen-bond donors (Lipinski definition) is 2. The summed E-state index contributed by atoms with van der Waals surface area (Å²) in [4.78, 5) is 36.9. The minimum Gasteiger partial charge on any atom is -0.348 e. The first kappa shape index (κ1) is 20.5. The molecule has 3 rings (SSSR count). The largest absolute Gasteiger partial charge is 0.348 e. The number of rotatable bonds is 6. The van der Waals surface area contributed by atoms with Crippen molar-refractivity contribution in [3.05, 3.63) is 70.3 Å². The number of carbonyl (C=O) groups excluding carboxylic acids is 2. The second-order valence-electron chi connectivity index (χ2n) is 7.14. The van der Waals surface area contributed by atoms with E-state index in [1.165, 1.54) is 23.8 Å². The number of nitro groups is 1. The Bertz CT molecular complexity index is 864. The van der Waals surface area contributed by atoms with Gasteiger partial charge in [-0.05, 0) is 43.5 Å². The van der Waals surface area contributed by atoms with Crippen molar-refractivity contribution in [2.75, 3.05) is 25.0 Å². The van der Waals surface area contributed by atoms with Gasteiger partial charge in [-0.1, -0.05) is 42.5 Å². The highest BCUT2D eigenvalue weighted by Gasteiger charge is 2.23. The molecule has 0 atom stereocenters. The number of nitrogens with zero attached hydrogens (tertiary/aromatic N) is 2. The Morgan fingerprint density at radius 3 is 2.34 bits per heavy atom. The van der Waals surface area contributed by atoms with E-state index in [1.54, 1.807) is 6.07 Å². The highest BCUT2D eigenvalue weighted by molar-refractivity contribution is 6.39. The molecule has 1 fully saturated rings. The molecule has 0 aliphatic carbocycles. The smallest absolute Gasteiger partial charge is 0.313 e. The molecule has 8 heteroatoms. The summed E-state index contributed by atoms with van der Waals surface area (Å²) in [7, 11) is 0. The van der Waals surface area contributed by atoms with Crippen LogP contribution >= 0.6 is 0 Å². The van der Waals surface area contributed by atoms with Crippen molar-refractivity contribution in [3.8, 4) is 0 Å². The Hall–Kier alpha value is -3.26. The highest BCUT2D eigenvalue weighted by atomic mass is 16.6. The molecule has 29 heavy (non-hydrogen) atoms. The first-order valence-electron chi connectivity index (χ1n) is 9.62. The molecule has 0 bridgehead atoms. The van der Waals surface area contributed by atoms with Crippen LogP contribution in [0.25, 0.3) is 0 Å². The van der Waals surface area contributed by atoms with Crippen LogP contribution in [0.1, 0.15) is 18.4 Å². The van der Waals surface area contributed by atoms with Gasteiger partial charge in [0.2, 0.25) is 0 Å². The van der Waals surface area contributed by atoms with Crippen molar-refractivity contribution in [3.63, 3.8) is 0 Å². The van der Waals surface area contributed by atoms with E-state index in [0.29, 0.717) is 12.5 Å². The first-order valence-corrected chi connectivity index (χ1v) is 9.62. The molecule has 0 aromatic heterocycles. The maximum absolute atomic E-state index is 12.1. The maximum atomic E-state index is 12.1. The zero-order chi connectivity index (χ0) is 20.6. The predicted molar refractivity (Wildman–Crippen MR) is 109 cm³/mol. The van der Waals surface area contributed by atoms with Gasteiger partial charge in [0.05, 0.1) is 4.92 Å². The Morgan fingerprint density at radius 2 is 1.66 bits per heavy atom. The molecular weight excluding hydrogens is 372 g/mol. The third-order valence-electron chi connectivity index (χ3n) is 5.06. The van der Waals surface area contributed by atoms with Crippen LogP contribution in [0, 0.1) is 16.0 Å². The van der Waals surface area contributed by atoms with E-state index in [0.717, 1.165) is 32.5 Å². The Morgan fingerprint density at radius 1 is 1.00 bits per heavy atom. The SMILES string of the molecule is O=C(NCC1CCN(Cc2ccccc2)CC1)C(=O)Nc1ccccc1[N+](=O)[O-]. The molecular formula is C21H24N4O4. The van der Waals surface area contributed by atoms with Crippen LogP contribution in [0.3, 0.4) is 0 Å². The maximum Gasteiger partial charge on any atom is 0.313 e. The predicted octanol–water partition coefficient (Wildman–Crippen LogP) is 2.56. The van der Waals surface area contributed by atoms with Gasteiger partial charge in [-0.25, -0.2) is 0 Å². The highest BCUT2D eigenvalue weighted by Crippen LogP contribution is 2.23. The zero-order valence-corrected chi connectivity index (χ0v) is 16.0. The van der Waals surface area contributed by atoms with Crippen LogP contribution in [-0.4, -0.2) is 41.3 Å². The topological polar surface area (TPSA) is 105 Å². The number of nitro benzene ring substituents is 1. The summed E-state index contributed by atoms with van der Waals surface area (Å²) in [5.41, 5.74) is 1.04. The molecule has 0 unspecified atom stereocenters. The van der Waals surface area contributed by atoms with Gasteiger partial charge in [0.25, 0.3) is 5.69 Å². The molecule has 152 valence electrons. The number of nitrogens with one attached hydrogen (secondary N) is 2. The van der Waals surface area contributed by atoms with Crippen LogP contribution in [0.5, 0.6) is 0 Å². The number of benzene rings is 2. The van der Waals surface area contributed by atoms with E-state index < -0.39 is 16.7 Å². The van der Waals surface area contributed by atoms with Gasteiger partial charge in [0.1, 0.15) is 5.69 Å². The number of amides is 2. The zero-order valence-electron chi connectivity index (χ0n) is 16.0. The molecule has 0 spiro atoms. The van der Waals surface area contributed by atoms with E-state index in [9.17, 15) is 19.7 Å². The van der Waals surface area contributed by atoms with Crippen molar-refractivity contribution < 1.29 is 14.5 Å². The average molecular weight is 396 g/mol. The number of anilines is 1. The van der Waals surface area contributed by atoms with Crippen molar-refractivity contribution >= 4 is 23.2 Å². The Labute approximate surface area is 169 Å². The van der Waals surface area contributed by atoms with Crippen LogP contribution < -0.4 is 10.6 Å². The third kappa shape index (κ3) is 5.86. The van der Waals surface area contributed by atoms with Gasteiger partial charge in [-0.15, -0.1) is 0 Å². The molecule has 1 aliphatic heterocycles. The van der Waals surface area contributed by atoms with Crippen molar-refractivity contribution in [2.24, 2.45) is 5.92 Å². The van der Waals surface area contributed by atoms with Crippen LogP contribution in [0.2, 0.25) is 0 Å². The van der Waals surface area contributed by atoms with E-state index >= 15 is 0 Å². The summed E-state index contributed by atoms with van der Waals surface area (Å²) >= 11 is 0. The second-order valence-corrected chi connectivity index (χ2v) is 7.14. The quantitative estimate of drug-likeness (QED) is 0.444. The fraction of sp³-hybridized carbons (Fsp3) is 0.333. The fourth-order valence-electron chi connectivity index (χ4n) is 3.43. The van der Waals surface area contributed by atoms with Gasteiger partial charge >= 0.3 is 11.8 Å². The normalized spacial score (nSPS) is 14.9. The first-order chi connectivity index (χ1) is 14.0. The summed E-state index contributed by atoms with van der Waals surface area (Å²) in [6.45, 7) is 3.22. The van der Waals surface area contributed by atoms with E-state index in [4.69, 9.17) is 0 Å². The van der Waals surface area contributed by atoms with Gasteiger partial charge in [-0.3, -0.25) is 24.6 Å². The van der Waals surface area contributed by atoms with Crippen LogP contribution in [0.15, 0.2) is 54.6 Å². The minimum atomic E-state index is -0.902. The lowest BCUT2D eigenvalue weighted by atomic mass is 9.96. The molecule has 1 heterocycles. The second kappa shape index (κ2) is 9.79. The number of hydrogen-bond acceptors (Lipinski definition) is 5. The van der Waals surface area contributed by atoms with Crippen molar-refractivity contribution in [2.45, 2.75) is 19.4 Å². The Balaban J connectivity index is 1.42.